The van der Waals surface area contributed by atoms with Crippen LogP contribution in [-0.4, -0.2) is 22.0 Å². The van der Waals surface area contributed by atoms with Gasteiger partial charge in [-0.25, -0.2) is 4.98 Å². The summed E-state index contributed by atoms with van der Waals surface area (Å²) < 4.78 is 2.15. The van der Waals surface area contributed by atoms with Gasteiger partial charge in [0, 0.05) is 19.5 Å². The van der Waals surface area contributed by atoms with Crippen molar-refractivity contribution >= 4 is 16.9 Å². The second-order valence-electron chi connectivity index (χ2n) is 7.26. The molecule has 1 amide bonds. The molecule has 0 saturated carbocycles. The van der Waals surface area contributed by atoms with Crippen molar-refractivity contribution in [3.8, 4) is 11.1 Å². The number of para-hydroxylation sites is 2. The van der Waals surface area contributed by atoms with Crippen LogP contribution in [0.2, 0.25) is 0 Å². The van der Waals surface area contributed by atoms with Gasteiger partial charge in [-0.3, -0.25) is 4.79 Å². The molecule has 0 spiro atoms. The Hall–Kier alpha value is -3.66. The number of nitrogens with zero attached hydrogens (tertiary/aromatic N) is 2. The fourth-order valence-corrected chi connectivity index (χ4v) is 3.66. The lowest BCUT2D eigenvalue weighted by molar-refractivity contribution is -0.120. The second kappa shape index (κ2) is 9.23. The average Bonchev–Trinajstić information content (AvgIpc) is 3.13. The summed E-state index contributed by atoms with van der Waals surface area (Å²) >= 11 is 0. The van der Waals surface area contributed by atoms with Gasteiger partial charge < -0.3 is 9.88 Å². The summed E-state index contributed by atoms with van der Waals surface area (Å²) in [7, 11) is 0. The van der Waals surface area contributed by atoms with Crippen LogP contribution >= 0.6 is 0 Å². The number of hydrogen-bond donors (Lipinski definition) is 1. The minimum absolute atomic E-state index is 0.0221. The standard InChI is InChI=1S/C26H25N3O/c1-2-18-29-24-11-7-6-10-23(24)28-25(29)16-17-27-26(30)19-20-12-14-22(15-13-20)21-8-4-3-5-9-21/h2-15H,1,16-19H2,(H,27,30). The Labute approximate surface area is 176 Å². The molecule has 0 aliphatic rings. The number of carbonyl (C=O) groups excluding carboxylic acids is 1. The smallest absolute Gasteiger partial charge is 0.224 e. The minimum Gasteiger partial charge on any atom is -0.355 e. The summed E-state index contributed by atoms with van der Waals surface area (Å²) in [5.74, 6) is 0.984. The van der Waals surface area contributed by atoms with Gasteiger partial charge in [0.25, 0.3) is 0 Å². The zero-order chi connectivity index (χ0) is 20.8. The van der Waals surface area contributed by atoms with Gasteiger partial charge in [0.05, 0.1) is 17.5 Å². The van der Waals surface area contributed by atoms with Gasteiger partial charge in [0.15, 0.2) is 0 Å². The summed E-state index contributed by atoms with van der Waals surface area (Å²) in [6.07, 6.45) is 2.93. The number of aromatic nitrogens is 2. The summed E-state index contributed by atoms with van der Waals surface area (Å²) in [5, 5.41) is 3.02. The molecule has 4 rings (SSSR count). The number of benzene rings is 3. The van der Waals surface area contributed by atoms with Gasteiger partial charge in [-0.15, -0.1) is 6.58 Å². The van der Waals surface area contributed by atoms with E-state index in [9.17, 15) is 4.79 Å². The molecular formula is C26H25N3O. The number of carbonyl (C=O) groups is 1. The van der Waals surface area contributed by atoms with Crippen LogP contribution in [0.4, 0.5) is 0 Å². The van der Waals surface area contributed by atoms with Gasteiger partial charge in [-0.1, -0.05) is 72.8 Å². The van der Waals surface area contributed by atoms with Crippen LogP contribution in [0.3, 0.4) is 0 Å². The van der Waals surface area contributed by atoms with Crippen molar-refractivity contribution in [1.82, 2.24) is 14.9 Å². The number of hydrogen-bond acceptors (Lipinski definition) is 2. The molecule has 0 radical (unpaired) electrons. The first-order chi connectivity index (χ1) is 14.7. The maximum atomic E-state index is 12.4. The summed E-state index contributed by atoms with van der Waals surface area (Å²) in [6.45, 7) is 5.11. The van der Waals surface area contributed by atoms with Crippen molar-refractivity contribution in [1.29, 1.82) is 0 Å². The molecule has 0 aliphatic heterocycles. The van der Waals surface area contributed by atoms with E-state index in [1.54, 1.807) is 0 Å². The van der Waals surface area contributed by atoms with Crippen molar-refractivity contribution in [2.75, 3.05) is 6.54 Å². The number of amides is 1. The van der Waals surface area contributed by atoms with Crippen LogP contribution in [0.1, 0.15) is 11.4 Å². The summed E-state index contributed by atoms with van der Waals surface area (Å²) in [5.41, 5.74) is 5.40. The first-order valence-corrected chi connectivity index (χ1v) is 10.2. The quantitative estimate of drug-likeness (QED) is 0.436. The van der Waals surface area contributed by atoms with E-state index in [0.29, 0.717) is 25.9 Å². The Kier molecular flexibility index (Phi) is 6.04. The van der Waals surface area contributed by atoms with E-state index < -0.39 is 0 Å². The molecule has 0 aliphatic carbocycles. The highest BCUT2D eigenvalue weighted by atomic mass is 16.1. The highest BCUT2D eigenvalue weighted by molar-refractivity contribution is 5.79. The minimum atomic E-state index is 0.0221. The zero-order valence-corrected chi connectivity index (χ0v) is 16.9. The van der Waals surface area contributed by atoms with Crippen molar-refractivity contribution in [3.63, 3.8) is 0 Å². The van der Waals surface area contributed by atoms with Crippen molar-refractivity contribution in [2.45, 2.75) is 19.4 Å². The Morgan fingerprint density at radius 1 is 0.933 bits per heavy atom. The van der Waals surface area contributed by atoms with Gasteiger partial charge in [0.2, 0.25) is 5.91 Å². The molecule has 0 unspecified atom stereocenters. The topological polar surface area (TPSA) is 46.9 Å². The molecule has 0 bridgehead atoms. The molecule has 1 aromatic heterocycles. The van der Waals surface area contributed by atoms with Crippen LogP contribution in [0, 0.1) is 0 Å². The molecule has 30 heavy (non-hydrogen) atoms. The van der Waals surface area contributed by atoms with Crippen LogP contribution in [0.25, 0.3) is 22.2 Å². The molecule has 0 atom stereocenters. The van der Waals surface area contributed by atoms with Crippen molar-refractivity contribution in [2.24, 2.45) is 0 Å². The summed E-state index contributed by atoms with van der Waals surface area (Å²) in [6, 6.07) is 26.5. The van der Waals surface area contributed by atoms with Crippen LogP contribution in [0.15, 0.2) is 91.5 Å². The molecule has 1 heterocycles. The van der Waals surface area contributed by atoms with Gasteiger partial charge in [-0.05, 0) is 28.8 Å². The van der Waals surface area contributed by atoms with E-state index in [-0.39, 0.29) is 5.91 Å². The van der Waals surface area contributed by atoms with Gasteiger partial charge >= 0.3 is 0 Å². The molecule has 150 valence electrons. The molecular weight excluding hydrogens is 370 g/mol. The molecule has 0 fully saturated rings. The third-order valence-corrected chi connectivity index (χ3v) is 5.14. The van der Waals surface area contributed by atoms with Crippen LogP contribution in [-0.2, 0) is 24.2 Å². The Morgan fingerprint density at radius 2 is 1.63 bits per heavy atom. The zero-order valence-electron chi connectivity index (χ0n) is 16.9. The first-order valence-electron chi connectivity index (χ1n) is 10.2. The highest BCUT2D eigenvalue weighted by Crippen LogP contribution is 2.19. The normalized spacial score (nSPS) is 10.8. The third-order valence-electron chi connectivity index (χ3n) is 5.14. The number of allylic oxidation sites excluding steroid dienone is 1. The fraction of sp³-hybridized carbons (Fsp3) is 0.154. The predicted octanol–water partition coefficient (Wildman–Crippen LogP) is 4.79. The number of imidazole rings is 1. The monoisotopic (exact) mass is 395 g/mol. The summed E-state index contributed by atoms with van der Waals surface area (Å²) in [4.78, 5) is 17.1. The second-order valence-corrected chi connectivity index (χ2v) is 7.26. The lowest BCUT2D eigenvalue weighted by Gasteiger charge is -2.08. The Morgan fingerprint density at radius 3 is 2.40 bits per heavy atom. The van der Waals surface area contributed by atoms with E-state index in [2.05, 4.69) is 46.8 Å². The molecule has 1 N–H and O–H groups in total. The Balaban J connectivity index is 1.34. The number of nitrogens with one attached hydrogen (secondary N) is 1. The third kappa shape index (κ3) is 4.49. The first kappa shape index (κ1) is 19.6. The lowest BCUT2D eigenvalue weighted by atomic mass is 10.0. The van der Waals surface area contributed by atoms with Crippen molar-refractivity contribution in [3.05, 3.63) is 103 Å². The lowest BCUT2D eigenvalue weighted by Crippen LogP contribution is -2.27. The average molecular weight is 396 g/mol. The fourth-order valence-electron chi connectivity index (χ4n) is 3.66. The van der Waals surface area contributed by atoms with Crippen molar-refractivity contribution < 1.29 is 4.79 Å². The molecule has 0 saturated heterocycles. The maximum absolute atomic E-state index is 12.4. The van der Waals surface area contributed by atoms with E-state index in [1.807, 2.05) is 54.6 Å². The number of fused-ring (bicyclic) bond motifs is 1. The highest BCUT2D eigenvalue weighted by Gasteiger charge is 2.10. The van der Waals surface area contributed by atoms with Gasteiger partial charge in [0.1, 0.15) is 5.82 Å². The molecule has 3 aromatic carbocycles. The predicted molar refractivity (Wildman–Crippen MR) is 122 cm³/mol. The Bertz CT molecular complexity index is 1140. The molecule has 4 nitrogen and oxygen atoms in total. The molecule has 4 heteroatoms. The van der Waals surface area contributed by atoms with Crippen LogP contribution < -0.4 is 5.32 Å². The van der Waals surface area contributed by atoms with E-state index >= 15 is 0 Å². The van der Waals surface area contributed by atoms with Gasteiger partial charge in [-0.2, -0.15) is 0 Å². The molecule has 4 aromatic rings. The van der Waals surface area contributed by atoms with E-state index in [4.69, 9.17) is 4.98 Å². The largest absolute Gasteiger partial charge is 0.355 e. The van der Waals surface area contributed by atoms with E-state index in [1.165, 1.54) is 5.56 Å². The van der Waals surface area contributed by atoms with E-state index in [0.717, 1.165) is 28.0 Å². The number of rotatable bonds is 8. The SMILES string of the molecule is C=CCn1c(CCNC(=O)Cc2ccc(-c3ccccc3)cc2)nc2ccccc21. The maximum Gasteiger partial charge on any atom is 0.224 e. The van der Waals surface area contributed by atoms with Crippen LogP contribution in [0.5, 0.6) is 0 Å².